The van der Waals surface area contributed by atoms with Gasteiger partial charge in [-0.05, 0) is 24.6 Å². The summed E-state index contributed by atoms with van der Waals surface area (Å²) < 4.78 is 14.1. The van der Waals surface area contributed by atoms with Gasteiger partial charge in [0.25, 0.3) is 0 Å². The normalized spacial score (nSPS) is 14.3. The smallest absolute Gasteiger partial charge is 0.249 e. The summed E-state index contributed by atoms with van der Waals surface area (Å²) in [7, 11) is 0. The molecule has 0 bridgehead atoms. The third-order valence-corrected chi connectivity index (χ3v) is 5.24. The predicted octanol–water partition coefficient (Wildman–Crippen LogP) is 4.43. The zero-order valence-corrected chi connectivity index (χ0v) is 17.1. The minimum atomic E-state index is -0.807. The van der Waals surface area contributed by atoms with E-state index in [9.17, 15) is 14.0 Å². The van der Waals surface area contributed by atoms with E-state index in [0.717, 1.165) is 11.1 Å². The Morgan fingerprint density at radius 2 is 1.71 bits per heavy atom. The molecule has 1 aliphatic rings. The Bertz CT molecular complexity index is 1140. The molecule has 0 radical (unpaired) electrons. The number of rotatable bonds is 5. The molecule has 0 spiro atoms. The number of anilines is 2. The van der Waals surface area contributed by atoms with Crippen LogP contribution in [0.25, 0.3) is 0 Å². The lowest BCUT2D eigenvalue weighted by Crippen LogP contribution is -2.48. The van der Waals surface area contributed by atoms with Crippen molar-refractivity contribution in [2.45, 2.75) is 19.4 Å². The number of nitrogens with zero attached hydrogens (tertiary/aromatic N) is 2. The van der Waals surface area contributed by atoms with Gasteiger partial charge in [0.1, 0.15) is 18.4 Å². The van der Waals surface area contributed by atoms with Crippen LogP contribution in [-0.4, -0.2) is 30.1 Å². The molecule has 0 saturated carbocycles. The molecule has 1 N–H and O–H groups in total. The molecular formula is C25H22FN3O2. The van der Waals surface area contributed by atoms with Crippen molar-refractivity contribution >= 4 is 28.9 Å². The van der Waals surface area contributed by atoms with E-state index in [-0.39, 0.29) is 18.1 Å². The highest BCUT2D eigenvalue weighted by molar-refractivity contribution is 6.20. The fourth-order valence-electron chi connectivity index (χ4n) is 3.77. The second kappa shape index (κ2) is 8.92. The number of hydrogen-bond donors (Lipinski definition) is 1. The van der Waals surface area contributed by atoms with Gasteiger partial charge in [-0.25, -0.2) is 4.39 Å². The molecule has 0 fully saturated rings. The van der Waals surface area contributed by atoms with Gasteiger partial charge in [0, 0.05) is 11.1 Å². The van der Waals surface area contributed by atoms with E-state index < -0.39 is 17.8 Å². The highest BCUT2D eigenvalue weighted by atomic mass is 19.1. The van der Waals surface area contributed by atoms with Gasteiger partial charge in [-0.15, -0.1) is 0 Å². The number of hydrogen-bond acceptors (Lipinski definition) is 3. The minimum Gasteiger partial charge on any atom is -0.322 e. The summed E-state index contributed by atoms with van der Waals surface area (Å²) in [5, 5.41) is 2.63. The average molecular weight is 415 g/mol. The maximum absolute atomic E-state index is 14.1. The summed E-state index contributed by atoms with van der Waals surface area (Å²) in [6.07, 6.45) is 0.362. The van der Waals surface area contributed by atoms with Gasteiger partial charge >= 0.3 is 0 Å². The number of nitrogens with one attached hydrogen (secondary N) is 1. The summed E-state index contributed by atoms with van der Waals surface area (Å²) >= 11 is 0. The molecule has 2 amide bonds. The summed E-state index contributed by atoms with van der Waals surface area (Å²) in [5.41, 5.74) is 3.08. The van der Waals surface area contributed by atoms with E-state index in [4.69, 9.17) is 0 Å². The van der Waals surface area contributed by atoms with Crippen LogP contribution in [0.1, 0.15) is 24.5 Å². The lowest BCUT2D eigenvalue weighted by atomic mass is 9.99. The lowest BCUT2D eigenvalue weighted by Gasteiger charge is -2.30. The standard InChI is InChI=1S/C25H22FN3O2/c1-2-21(25(31)28-20-14-8-7-13-19(20)26)29-22-15-9-6-12-18(22)24(27-16-23(29)30)17-10-4-3-5-11-17/h3-15,21H,2,16H2,1H3,(H,28,31). The first-order chi connectivity index (χ1) is 15.1. The first-order valence-corrected chi connectivity index (χ1v) is 10.2. The SMILES string of the molecule is CCC(C(=O)Nc1ccccc1F)N1C(=O)CN=C(c2ccccc2)c2ccccc21. The largest absolute Gasteiger partial charge is 0.322 e. The van der Waals surface area contributed by atoms with Crippen LogP contribution in [-0.2, 0) is 9.59 Å². The third-order valence-electron chi connectivity index (χ3n) is 5.24. The molecule has 0 aliphatic carbocycles. The Balaban J connectivity index is 1.73. The molecule has 1 aliphatic heterocycles. The van der Waals surface area contributed by atoms with Crippen molar-refractivity contribution in [2.75, 3.05) is 16.8 Å². The third kappa shape index (κ3) is 4.10. The molecule has 0 saturated heterocycles. The van der Waals surface area contributed by atoms with E-state index in [1.165, 1.54) is 17.0 Å². The van der Waals surface area contributed by atoms with Gasteiger partial charge in [-0.2, -0.15) is 0 Å². The zero-order valence-electron chi connectivity index (χ0n) is 17.1. The van der Waals surface area contributed by atoms with Crippen LogP contribution in [0.3, 0.4) is 0 Å². The molecule has 1 atom stereocenters. The number of amides is 2. The maximum Gasteiger partial charge on any atom is 0.249 e. The quantitative estimate of drug-likeness (QED) is 0.670. The van der Waals surface area contributed by atoms with Crippen molar-refractivity contribution in [2.24, 2.45) is 4.99 Å². The van der Waals surface area contributed by atoms with Crippen LogP contribution in [0.4, 0.5) is 15.8 Å². The van der Waals surface area contributed by atoms with Crippen LogP contribution in [0.2, 0.25) is 0 Å². The molecule has 4 rings (SSSR count). The average Bonchev–Trinajstić information content (AvgIpc) is 2.93. The van der Waals surface area contributed by atoms with Crippen LogP contribution < -0.4 is 10.2 Å². The van der Waals surface area contributed by atoms with Gasteiger partial charge in [-0.1, -0.05) is 67.6 Å². The Morgan fingerprint density at radius 1 is 1.03 bits per heavy atom. The highest BCUT2D eigenvalue weighted by Crippen LogP contribution is 2.29. The second-order valence-corrected chi connectivity index (χ2v) is 7.20. The summed E-state index contributed by atoms with van der Waals surface area (Å²) in [6.45, 7) is 1.74. The van der Waals surface area contributed by atoms with Crippen LogP contribution >= 0.6 is 0 Å². The maximum atomic E-state index is 14.1. The lowest BCUT2D eigenvalue weighted by molar-refractivity contribution is -0.123. The van der Waals surface area contributed by atoms with Crippen LogP contribution in [0.5, 0.6) is 0 Å². The zero-order chi connectivity index (χ0) is 21.8. The Kier molecular flexibility index (Phi) is 5.89. The van der Waals surface area contributed by atoms with E-state index in [2.05, 4.69) is 10.3 Å². The monoisotopic (exact) mass is 415 g/mol. The second-order valence-electron chi connectivity index (χ2n) is 7.20. The highest BCUT2D eigenvalue weighted by Gasteiger charge is 2.34. The number of benzene rings is 3. The molecular weight excluding hydrogens is 393 g/mol. The summed E-state index contributed by atoms with van der Waals surface area (Å²) in [5.74, 6) is -1.25. The Hall–Kier alpha value is -3.80. The number of para-hydroxylation sites is 2. The number of benzodiazepines with no additional fused rings is 1. The first-order valence-electron chi connectivity index (χ1n) is 10.2. The van der Waals surface area contributed by atoms with Crippen molar-refractivity contribution in [3.05, 3.63) is 95.8 Å². The topological polar surface area (TPSA) is 61.8 Å². The molecule has 6 heteroatoms. The molecule has 1 unspecified atom stereocenters. The molecule has 0 aromatic heterocycles. The summed E-state index contributed by atoms with van der Waals surface area (Å²) in [4.78, 5) is 32.3. The van der Waals surface area contributed by atoms with Crippen molar-refractivity contribution in [3.8, 4) is 0 Å². The van der Waals surface area contributed by atoms with Crippen LogP contribution in [0.15, 0.2) is 83.9 Å². The number of carbonyl (C=O) groups is 2. The fourth-order valence-corrected chi connectivity index (χ4v) is 3.77. The summed E-state index contributed by atoms with van der Waals surface area (Å²) in [6, 6.07) is 22.2. The van der Waals surface area contributed by atoms with Gasteiger partial charge in [0.15, 0.2) is 0 Å². The molecule has 1 heterocycles. The molecule has 3 aromatic rings. The minimum absolute atomic E-state index is 0.0810. The van der Waals surface area contributed by atoms with Crippen molar-refractivity contribution in [1.82, 2.24) is 0 Å². The van der Waals surface area contributed by atoms with E-state index >= 15 is 0 Å². The number of fused-ring (bicyclic) bond motifs is 1. The fraction of sp³-hybridized carbons (Fsp3) is 0.160. The van der Waals surface area contributed by atoms with E-state index in [1.807, 2.05) is 61.5 Å². The van der Waals surface area contributed by atoms with Gasteiger partial charge in [0.05, 0.1) is 17.1 Å². The van der Waals surface area contributed by atoms with Crippen molar-refractivity contribution in [1.29, 1.82) is 0 Å². The van der Waals surface area contributed by atoms with E-state index in [1.54, 1.807) is 12.1 Å². The van der Waals surface area contributed by atoms with Gasteiger partial charge in [-0.3, -0.25) is 19.5 Å². The predicted molar refractivity (Wildman–Crippen MR) is 120 cm³/mol. The molecule has 31 heavy (non-hydrogen) atoms. The van der Waals surface area contributed by atoms with Crippen molar-refractivity contribution < 1.29 is 14.0 Å². The Labute approximate surface area is 180 Å². The molecule has 3 aromatic carbocycles. The molecule has 5 nitrogen and oxygen atoms in total. The number of aliphatic imine (C=N–C) groups is 1. The number of carbonyl (C=O) groups excluding carboxylic acids is 2. The van der Waals surface area contributed by atoms with Crippen LogP contribution in [0, 0.1) is 5.82 Å². The van der Waals surface area contributed by atoms with E-state index in [0.29, 0.717) is 17.8 Å². The Morgan fingerprint density at radius 3 is 2.45 bits per heavy atom. The van der Waals surface area contributed by atoms with Gasteiger partial charge < -0.3 is 5.32 Å². The molecule has 156 valence electrons. The first kappa shape index (κ1) is 20.5. The van der Waals surface area contributed by atoms with Crippen molar-refractivity contribution in [3.63, 3.8) is 0 Å². The number of halogens is 1. The van der Waals surface area contributed by atoms with Gasteiger partial charge in [0.2, 0.25) is 11.8 Å².